The number of halogens is 2. The summed E-state index contributed by atoms with van der Waals surface area (Å²) in [5.74, 6) is -1.86. The van der Waals surface area contributed by atoms with Crippen LogP contribution in [0.1, 0.15) is 10.4 Å². The maximum absolute atomic E-state index is 13.8. The third-order valence-electron chi connectivity index (χ3n) is 3.98. The van der Waals surface area contributed by atoms with Gasteiger partial charge in [-0.15, -0.1) is 0 Å². The molecule has 0 saturated heterocycles. The lowest BCUT2D eigenvalue weighted by Gasteiger charge is -1.99. The van der Waals surface area contributed by atoms with Crippen molar-refractivity contribution >= 4 is 16.9 Å². The van der Waals surface area contributed by atoms with Gasteiger partial charge in [-0.1, -0.05) is 12.1 Å². The number of carbonyl (C=O) groups is 1. The summed E-state index contributed by atoms with van der Waals surface area (Å²) in [7, 11) is 0. The second kappa shape index (κ2) is 5.59. The number of fused-ring (bicyclic) bond motifs is 1. The van der Waals surface area contributed by atoms with E-state index in [0.29, 0.717) is 11.5 Å². The van der Waals surface area contributed by atoms with Crippen LogP contribution in [0.15, 0.2) is 59.0 Å². The van der Waals surface area contributed by atoms with Gasteiger partial charge in [0.2, 0.25) is 0 Å². The molecule has 0 atom stereocenters. The van der Waals surface area contributed by atoms with E-state index in [1.807, 2.05) is 0 Å². The fraction of sp³-hybridized carbons (Fsp3) is 0. The predicted octanol–water partition coefficient (Wildman–Crippen LogP) is 5.07. The van der Waals surface area contributed by atoms with Crippen molar-refractivity contribution in [2.24, 2.45) is 0 Å². The van der Waals surface area contributed by atoms with Crippen molar-refractivity contribution in [3.8, 4) is 22.7 Å². The van der Waals surface area contributed by atoms with Crippen LogP contribution in [0.4, 0.5) is 8.78 Å². The Morgan fingerprint density at radius 1 is 0.920 bits per heavy atom. The summed E-state index contributed by atoms with van der Waals surface area (Å²) in [5.41, 5.74) is 2.14. The highest BCUT2D eigenvalue weighted by Crippen LogP contribution is 2.32. The van der Waals surface area contributed by atoms with Crippen LogP contribution in [-0.4, -0.2) is 16.1 Å². The molecule has 0 unspecified atom stereocenters. The van der Waals surface area contributed by atoms with Crippen LogP contribution in [0.5, 0.6) is 0 Å². The first-order valence-electron chi connectivity index (χ1n) is 7.43. The molecule has 4 rings (SSSR count). The van der Waals surface area contributed by atoms with Gasteiger partial charge < -0.3 is 14.5 Å². The first kappa shape index (κ1) is 15.1. The Bertz CT molecular complexity index is 1050. The van der Waals surface area contributed by atoms with Gasteiger partial charge in [-0.2, -0.15) is 0 Å². The van der Waals surface area contributed by atoms with Gasteiger partial charge in [0.1, 0.15) is 5.82 Å². The predicted molar refractivity (Wildman–Crippen MR) is 88.3 cm³/mol. The molecule has 0 amide bonds. The quantitative estimate of drug-likeness (QED) is 0.547. The van der Waals surface area contributed by atoms with Crippen molar-refractivity contribution in [2.75, 3.05) is 0 Å². The highest BCUT2D eigenvalue weighted by Gasteiger charge is 2.15. The van der Waals surface area contributed by atoms with Crippen LogP contribution in [-0.2, 0) is 0 Å². The van der Waals surface area contributed by atoms with E-state index >= 15 is 0 Å². The topological polar surface area (TPSA) is 66.2 Å². The lowest BCUT2D eigenvalue weighted by Crippen LogP contribution is -1.94. The number of hydrogen-bond donors (Lipinski definition) is 2. The van der Waals surface area contributed by atoms with E-state index in [1.54, 1.807) is 24.3 Å². The maximum Gasteiger partial charge on any atom is 0.335 e. The number of carboxylic acids is 1. The zero-order valence-electron chi connectivity index (χ0n) is 12.7. The fourth-order valence-electron chi connectivity index (χ4n) is 2.69. The number of aromatic nitrogens is 1. The molecule has 0 bridgehead atoms. The Morgan fingerprint density at radius 3 is 2.28 bits per heavy atom. The molecule has 0 aliphatic carbocycles. The second-order valence-corrected chi connectivity index (χ2v) is 5.55. The number of benzene rings is 2. The summed E-state index contributed by atoms with van der Waals surface area (Å²) in [6, 6.07) is 13.4. The molecule has 25 heavy (non-hydrogen) atoms. The number of H-pyrrole nitrogens is 1. The Labute approximate surface area is 140 Å². The lowest BCUT2D eigenvalue weighted by atomic mass is 10.1. The number of carboxylic acid groups (broad SMARTS) is 1. The molecule has 4 aromatic rings. The number of rotatable bonds is 3. The minimum absolute atomic E-state index is 0.0805. The van der Waals surface area contributed by atoms with Gasteiger partial charge in [0.05, 0.1) is 16.6 Å². The van der Waals surface area contributed by atoms with Gasteiger partial charge in [-0.3, -0.25) is 0 Å². The number of furan rings is 1. The summed E-state index contributed by atoms with van der Waals surface area (Å²) < 4.78 is 33.0. The molecule has 0 saturated carbocycles. The number of hydrogen-bond acceptors (Lipinski definition) is 2. The molecule has 0 radical (unpaired) electrons. The van der Waals surface area contributed by atoms with E-state index in [-0.39, 0.29) is 16.5 Å². The Morgan fingerprint density at radius 2 is 1.60 bits per heavy atom. The monoisotopic (exact) mass is 339 g/mol. The average Bonchev–Trinajstić information content (AvgIpc) is 3.26. The number of aromatic amines is 1. The van der Waals surface area contributed by atoms with Crippen LogP contribution in [0.2, 0.25) is 0 Å². The standard InChI is InChI=1S/C19H11F2NO3/c20-13-5-6-14(21)18-12(13)9-17(25-18)16-8-7-15(22-16)10-1-3-11(4-2-10)19(23)24/h1-9,22H,(H,23,24). The molecule has 2 aromatic heterocycles. The van der Waals surface area contributed by atoms with E-state index in [4.69, 9.17) is 9.52 Å². The molecule has 2 aromatic carbocycles. The SMILES string of the molecule is O=C(O)c1ccc(-c2ccc(-c3cc4c(F)ccc(F)c4o3)[nH]2)cc1. The molecule has 2 N–H and O–H groups in total. The van der Waals surface area contributed by atoms with E-state index in [1.165, 1.54) is 18.2 Å². The highest BCUT2D eigenvalue weighted by atomic mass is 19.1. The molecule has 0 aliphatic heterocycles. The molecule has 2 heterocycles. The number of aromatic carboxylic acids is 1. The second-order valence-electron chi connectivity index (χ2n) is 5.55. The van der Waals surface area contributed by atoms with Crippen molar-refractivity contribution in [1.82, 2.24) is 4.98 Å². The van der Waals surface area contributed by atoms with Crippen LogP contribution in [0.25, 0.3) is 33.7 Å². The van der Waals surface area contributed by atoms with Gasteiger partial charge in [0.25, 0.3) is 0 Å². The van der Waals surface area contributed by atoms with E-state index in [2.05, 4.69) is 4.98 Å². The molecule has 6 heteroatoms. The molecule has 124 valence electrons. The van der Waals surface area contributed by atoms with Crippen molar-refractivity contribution in [1.29, 1.82) is 0 Å². The first-order valence-corrected chi connectivity index (χ1v) is 7.43. The summed E-state index contributed by atoms with van der Waals surface area (Å²) in [4.78, 5) is 14.0. The van der Waals surface area contributed by atoms with Crippen LogP contribution in [0.3, 0.4) is 0 Å². The maximum atomic E-state index is 13.8. The van der Waals surface area contributed by atoms with Crippen LogP contribution in [0, 0.1) is 11.6 Å². The fourth-order valence-corrected chi connectivity index (χ4v) is 2.69. The number of nitrogens with one attached hydrogen (secondary N) is 1. The molecular formula is C19H11F2NO3. The molecular weight excluding hydrogens is 328 g/mol. The van der Waals surface area contributed by atoms with Gasteiger partial charge in [0, 0.05) is 5.69 Å². The molecule has 0 fully saturated rings. The summed E-state index contributed by atoms with van der Waals surface area (Å²) in [6.07, 6.45) is 0. The minimum atomic E-state index is -0.995. The van der Waals surface area contributed by atoms with Crippen molar-refractivity contribution < 1.29 is 23.1 Å². The largest absolute Gasteiger partial charge is 0.478 e. The van der Waals surface area contributed by atoms with Crippen LogP contribution >= 0.6 is 0 Å². The van der Waals surface area contributed by atoms with Gasteiger partial charge >= 0.3 is 5.97 Å². The summed E-state index contributed by atoms with van der Waals surface area (Å²) in [5, 5.41) is 9.01. The van der Waals surface area contributed by atoms with Crippen molar-refractivity contribution in [2.45, 2.75) is 0 Å². The molecule has 4 nitrogen and oxygen atoms in total. The molecule has 0 aliphatic rings. The first-order chi connectivity index (χ1) is 12.0. The van der Waals surface area contributed by atoms with E-state index in [9.17, 15) is 13.6 Å². The van der Waals surface area contributed by atoms with Gasteiger partial charge in [0.15, 0.2) is 17.2 Å². The lowest BCUT2D eigenvalue weighted by molar-refractivity contribution is 0.0697. The third-order valence-corrected chi connectivity index (χ3v) is 3.98. The zero-order valence-corrected chi connectivity index (χ0v) is 12.7. The summed E-state index contributed by atoms with van der Waals surface area (Å²) >= 11 is 0. The average molecular weight is 339 g/mol. The van der Waals surface area contributed by atoms with Gasteiger partial charge in [-0.05, 0) is 48.0 Å². The third kappa shape index (κ3) is 2.57. The Kier molecular flexibility index (Phi) is 3.39. The highest BCUT2D eigenvalue weighted by molar-refractivity contribution is 5.88. The van der Waals surface area contributed by atoms with Crippen molar-refractivity contribution in [3.63, 3.8) is 0 Å². The van der Waals surface area contributed by atoms with Crippen LogP contribution < -0.4 is 0 Å². The Hall–Kier alpha value is -3.41. The van der Waals surface area contributed by atoms with Gasteiger partial charge in [-0.25, -0.2) is 13.6 Å². The zero-order chi connectivity index (χ0) is 17.6. The normalized spacial score (nSPS) is 11.1. The molecule has 0 spiro atoms. The minimum Gasteiger partial charge on any atom is -0.478 e. The summed E-state index contributed by atoms with van der Waals surface area (Å²) in [6.45, 7) is 0. The smallest absolute Gasteiger partial charge is 0.335 e. The Balaban J connectivity index is 1.73. The van der Waals surface area contributed by atoms with E-state index in [0.717, 1.165) is 23.4 Å². The van der Waals surface area contributed by atoms with E-state index < -0.39 is 17.6 Å². The van der Waals surface area contributed by atoms with Crippen molar-refractivity contribution in [3.05, 3.63) is 71.8 Å².